The number of phenols is 1. The summed E-state index contributed by atoms with van der Waals surface area (Å²) in [5.74, 6) is 0.260. The average molecular weight is 181 g/mol. The largest absolute Gasteiger partial charge is 0.507 e. The Morgan fingerprint density at radius 2 is 2.15 bits per heavy atom. The minimum atomic E-state index is -0.195. The van der Waals surface area contributed by atoms with Crippen LogP contribution in [0.1, 0.15) is 17.2 Å². The molecule has 0 unspecified atom stereocenters. The number of rotatable bonds is 3. The number of hydrogen-bond donors (Lipinski definition) is 3. The number of aryl methyl sites for hydroxylation is 1. The lowest BCUT2D eigenvalue weighted by molar-refractivity contribution is 0.248. The molecule has 3 heteroatoms. The highest BCUT2D eigenvalue weighted by Gasteiger charge is 2.12. The van der Waals surface area contributed by atoms with Crippen LogP contribution in [-0.2, 0) is 0 Å². The van der Waals surface area contributed by atoms with Crippen molar-refractivity contribution in [2.45, 2.75) is 13.0 Å². The Kier molecular flexibility index (Phi) is 3.28. The molecular formula is C10H15NO2. The van der Waals surface area contributed by atoms with Crippen molar-refractivity contribution in [1.82, 2.24) is 5.32 Å². The number of aliphatic hydroxyl groups is 1. The van der Waals surface area contributed by atoms with Gasteiger partial charge in [-0.1, -0.05) is 18.2 Å². The molecule has 1 rings (SSSR count). The maximum Gasteiger partial charge on any atom is 0.123 e. The summed E-state index contributed by atoms with van der Waals surface area (Å²) in [5, 5.41) is 21.6. The molecule has 0 fully saturated rings. The number of nitrogens with one attached hydrogen (secondary N) is 1. The van der Waals surface area contributed by atoms with Gasteiger partial charge in [0.2, 0.25) is 0 Å². The maximum absolute atomic E-state index is 9.68. The number of phenolic OH excluding ortho intramolecular Hbond substituents is 1. The van der Waals surface area contributed by atoms with E-state index in [1.165, 1.54) is 0 Å². The third-order valence-corrected chi connectivity index (χ3v) is 2.18. The van der Waals surface area contributed by atoms with Gasteiger partial charge in [0.15, 0.2) is 0 Å². The Bertz CT molecular complexity index is 282. The Labute approximate surface area is 78.0 Å². The first-order chi connectivity index (χ1) is 6.20. The summed E-state index contributed by atoms with van der Waals surface area (Å²) < 4.78 is 0. The quantitative estimate of drug-likeness (QED) is 0.651. The molecule has 0 aliphatic carbocycles. The van der Waals surface area contributed by atoms with Gasteiger partial charge in [0.25, 0.3) is 0 Å². The van der Waals surface area contributed by atoms with Gasteiger partial charge in [-0.25, -0.2) is 0 Å². The molecule has 3 nitrogen and oxygen atoms in total. The summed E-state index contributed by atoms with van der Waals surface area (Å²) in [5.41, 5.74) is 1.57. The molecule has 0 heterocycles. The second-order valence-corrected chi connectivity index (χ2v) is 3.04. The molecule has 0 aliphatic heterocycles. The molecule has 0 bridgehead atoms. The van der Waals surface area contributed by atoms with Gasteiger partial charge < -0.3 is 15.5 Å². The molecule has 3 N–H and O–H groups in total. The highest BCUT2D eigenvalue weighted by atomic mass is 16.3. The molecule has 0 aromatic heterocycles. The lowest BCUT2D eigenvalue weighted by Crippen LogP contribution is -2.20. The van der Waals surface area contributed by atoms with Gasteiger partial charge in [0.05, 0.1) is 12.6 Å². The van der Waals surface area contributed by atoms with E-state index in [4.69, 9.17) is 5.11 Å². The standard InChI is InChI=1S/C10H15NO2/c1-7-4-3-5-8(10(7)13)9(6-12)11-2/h3-5,9,11-13H,6H2,1-2H3/t9-/m1/s1. The van der Waals surface area contributed by atoms with Crippen molar-refractivity contribution in [3.63, 3.8) is 0 Å². The van der Waals surface area contributed by atoms with Crippen molar-refractivity contribution in [1.29, 1.82) is 0 Å². The summed E-state index contributed by atoms with van der Waals surface area (Å²) in [4.78, 5) is 0. The Morgan fingerprint density at radius 3 is 2.69 bits per heavy atom. The zero-order valence-corrected chi connectivity index (χ0v) is 7.91. The Hall–Kier alpha value is -1.06. The normalized spacial score (nSPS) is 12.8. The SMILES string of the molecule is CN[C@H](CO)c1cccc(C)c1O. The fourth-order valence-electron chi connectivity index (χ4n) is 1.31. The zero-order chi connectivity index (χ0) is 9.84. The van der Waals surface area contributed by atoms with Crippen molar-refractivity contribution in [2.24, 2.45) is 0 Å². The minimum Gasteiger partial charge on any atom is -0.507 e. The van der Waals surface area contributed by atoms with Crippen LogP contribution < -0.4 is 5.32 Å². The Morgan fingerprint density at radius 1 is 1.46 bits per heavy atom. The molecule has 0 spiro atoms. The van der Waals surface area contributed by atoms with E-state index in [0.29, 0.717) is 0 Å². The molecule has 0 radical (unpaired) electrons. The number of hydrogen-bond acceptors (Lipinski definition) is 3. The number of likely N-dealkylation sites (N-methyl/N-ethyl adjacent to an activating group) is 1. The van der Waals surface area contributed by atoms with Gasteiger partial charge in [0, 0.05) is 5.56 Å². The predicted molar refractivity (Wildman–Crippen MR) is 51.7 cm³/mol. The van der Waals surface area contributed by atoms with E-state index in [1.807, 2.05) is 19.1 Å². The van der Waals surface area contributed by atoms with Crippen LogP contribution in [0.5, 0.6) is 5.75 Å². The van der Waals surface area contributed by atoms with Crippen LogP contribution in [-0.4, -0.2) is 23.9 Å². The molecule has 0 aliphatic rings. The molecule has 0 amide bonds. The van der Waals surface area contributed by atoms with Crippen LogP contribution >= 0.6 is 0 Å². The number of aromatic hydroxyl groups is 1. The van der Waals surface area contributed by atoms with Gasteiger partial charge in [-0.3, -0.25) is 0 Å². The van der Waals surface area contributed by atoms with E-state index in [-0.39, 0.29) is 18.4 Å². The highest BCUT2D eigenvalue weighted by Crippen LogP contribution is 2.26. The highest BCUT2D eigenvalue weighted by molar-refractivity contribution is 5.41. The first-order valence-electron chi connectivity index (χ1n) is 4.27. The second-order valence-electron chi connectivity index (χ2n) is 3.04. The number of benzene rings is 1. The fraction of sp³-hybridized carbons (Fsp3) is 0.400. The van der Waals surface area contributed by atoms with E-state index in [9.17, 15) is 5.11 Å². The molecule has 1 aromatic rings. The van der Waals surface area contributed by atoms with Crippen LogP contribution in [0.15, 0.2) is 18.2 Å². The van der Waals surface area contributed by atoms with E-state index >= 15 is 0 Å². The van der Waals surface area contributed by atoms with Crippen LogP contribution in [0.4, 0.5) is 0 Å². The predicted octanol–water partition coefficient (Wildman–Crippen LogP) is 0.953. The lowest BCUT2D eigenvalue weighted by Gasteiger charge is -2.15. The maximum atomic E-state index is 9.68. The zero-order valence-electron chi connectivity index (χ0n) is 7.91. The van der Waals surface area contributed by atoms with Crippen molar-refractivity contribution in [3.8, 4) is 5.75 Å². The summed E-state index contributed by atoms with van der Waals surface area (Å²) in [6.45, 7) is 1.82. The van der Waals surface area contributed by atoms with E-state index in [2.05, 4.69) is 5.32 Å². The third-order valence-electron chi connectivity index (χ3n) is 2.18. The first kappa shape index (κ1) is 10.0. The van der Waals surface area contributed by atoms with Gasteiger partial charge in [-0.2, -0.15) is 0 Å². The molecule has 0 saturated carbocycles. The monoisotopic (exact) mass is 181 g/mol. The van der Waals surface area contributed by atoms with E-state index in [0.717, 1.165) is 11.1 Å². The van der Waals surface area contributed by atoms with Crippen LogP contribution in [0.2, 0.25) is 0 Å². The molecule has 1 aromatic carbocycles. The van der Waals surface area contributed by atoms with Crippen molar-refractivity contribution in [2.75, 3.05) is 13.7 Å². The van der Waals surface area contributed by atoms with E-state index < -0.39 is 0 Å². The summed E-state index contributed by atoms with van der Waals surface area (Å²) in [6, 6.07) is 5.31. The fourth-order valence-corrected chi connectivity index (χ4v) is 1.31. The summed E-state index contributed by atoms with van der Waals surface area (Å²) in [7, 11) is 1.75. The van der Waals surface area contributed by atoms with Gasteiger partial charge in [0.1, 0.15) is 5.75 Å². The third kappa shape index (κ3) is 1.99. The molecule has 1 atom stereocenters. The molecular weight excluding hydrogens is 166 g/mol. The molecule has 13 heavy (non-hydrogen) atoms. The lowest BCUT2D eigenvalue weighted by atomic mass is 10.0. The van der Waals surface area contributed by atoms with Crippen LogP contribution in [0.3, 0.4) is 0 Å². The number of para-hydroxylation sites is 1. The second kappa shape index (κ2) is 4.25. The van der Waals surface area contributed by atoms with Gasteiger partial charge >= 0.3 is 0 Å². The van der Waals surface area contributed by atoms with Gasteiger partial charge in [-0.05, 0) is 19.5 Å². The van der Waals surface area contributed by atoms with Crippen LogP contribution in [0, 0.1) is 6.92 Å². The summed E-state index contributed by atoms with van der Waals surface area (Å²) >= 11 is 0. The van der Waals surface area contributed by atoms with Crippen molar-refractivity contribution < 1.29 is 10.2 Å². The van der Waals surface area contributed by atoms with Crippen molar-refractivity contribution >= 4 is 0 Å². The Balaban J connectivity index is 3.05. The molecule has 72 valence electrons. The summed E-state index contributed by atoms with van der Waals surface area (Å²) in [6.07, 6.45) is 0. The molecule has 0 saturated heterocycles. The van der Waals surface area contributed by atoms with Crippen LogP contribution in [0.25, 0.3) is 0 Å². The smallest absolute Gasteiger partial charge is 0.123 e. The number of aliphatic hydroxyl groups excluding tert-OH is 1. The minimum absolute atomic E-state index is 0.0203. The average Bonchev–Trinajstić information content (AvgIpc) is 2.14. The van der Waals surface area contributed by atoms with E-state index in [1.54, 1.807) is 13.1 Å². The first-order valence-corrected chi connectivity index (χ1v) is 4.27. The topological polar surface area (TPSA) is 52.5 Å². The van der Waals surface area contributed by atoms with Gasteiger partial charge in [-0.15, -0.1) is 0 Å². The van der Waals surface area contributed by atoms with Crippen molar-refractivity contribution in [3.05, 3.63) is 29.3 Å².